The van der Waals surface area contributed by atoms with Crippen molar-refractivity contribution in [3.05, 3.63) is 76.9 Å². The lowest BCUT2D eigenvalue weighted by molar-refractivity contribution is -0.117. The molecular weight excluding hydrogens is 322 g/mol. The summed E-state index contributed by atoms with van der Waals surface area (Å²) in [6.45, 7) is 1.59. The predicted octanol–water partition coefficient (Wildman–Crippen LogP) is 4.62. The number of Topliss-reactive ketones (excluding diaryl/α,β-unsaturated/α-hetero) is 1. The first kappa shape index (κ1) is 15.3. The lowest BCUT2D eigenvalue weighted by atomic mass is 9.95. The number of ketones is 1. The van der Waals surface area contributed by atoms with E-state index in [1.165, 1.54) is 16.5 Å². The summed E-state index contributed by atoms with van der Waals surface area (Å²) in [5.74, 6) is 0.0812. The minimum Gasteiger partial charge on any atom is -0.304 e. The molecule has 1 atom stereocenters. The molecular formula is C23H19NO2. The monoisotopic (exact) mass is 341 g/mol. The fourth-order valence-corrected chi connectivity index (χ4v) is 4.62. The smallest absolute Gasteiger partial charge is 0.224 e. The lowest BCUT2D eigenvalue weighted by Gasteiger charge is -2.30. The molecule has 0 spiro atoms. The van der Waals surface area contributed by atoms with Crippen LogP contribution in [0.2, 0.25) is 0 Å². The van der Waals surface area contributed by atoms with Gasteiger partial charge in [0.05, 0.1) is 11.7 Å². The summed E-state index contributed by atoms with van der Waals surface area (Å²) in [5, 5.41) is 2.16. The number of carbonyl (C=O) groups excluding carboxylic acids is 2. The number of rotatable bonds is 1. The molecule has 1 heterocycles. The third-order valence-electron chi connectivity index (χ3n) is 5.75. The average molecular weight is 341 g/mol. The Morgan fingerprint density at radius 1 is 0.923 bits per heavy atom. The second kappa shape index (κ2) is 5.53. The Morgan fingerprint density at radius 2 is 1.62 bits per heavy atom. The Balaban J connectivity index is 1.84. The summed E-state index contributed by atoms with van der Waals surface area (Å²) < 4.78 is 0. The number of anilines is 1. The summed E-state index contributed by atoms with van der Waals surface area (Å²) >= 11 is 0. The molecule has 0 aromatic heterocycles. The van der Waals surface area contributed by atoms with E-state index in [0.29, 0.717) is 6.42 Å². The molecule has 0 saturated carbocycles. The van der Waals surface area contributed by atoms with Gasteiger partial charge in [0.1, 0.15) is 0 Å². The van der Waals surface area contributed by atoms with E-state index in [-0.39, 0.29) is 17.7 Å². The molecule has 3 nitrogen and oxygen atoms in total. The molecule has 0 N–H and O–H groups in total. The molecule has 0 saturated heterocycles. The van der Waals surface area contributed by atoms with Crippen molar-refractivity contribution in [2.24, 2.45) is 0 Å². The number of nitrogens with zero attached hydrogens (tertiary/aromatic N) is 1. The van der Waals surface area contributed by atoms with Crippen LogP contribution < -0.4 is 4.90 Å². The third kappa shape index (κ3) is 2.07. The van der Waals surface area contributed by atoms with Gasteiger partial charge < -0.3 is 4.90 Å². The van der Waals surface area contributed by atoms with E-state index >= 15 is 0 Å². The van der Waals surface area contributed by atoms with Gasteiger partial charge in [-0.1, -0.05) is 48.5 Å². The Kier molecular flexibility index (Phi) is 3.26. The number of hydrogen-bond acceptors (Lipinski definition) is 2. The lowest BCUT2D eigenvalue weighted by Crippen LogP contribution is -2.33. The highest BCUT2D eigenvalue weighted by atomic mass is 16.2. The average Bonchev–Trinajstić information content (AvgIpc) is 3.02. The Labute approximate surface area is 152 Å². The first-order chi connectivity index (χ1) is 12.6. The van der Waals surface area contributed by atoms with Gasteiger partial charge in [-0.05, 0) is 41.0 Å². The van der Waals surface area contributed by atoms with Crippen molar-refractivity contribution in [1.29, 1.82) is 0 Å². The van der Waals surface area contributed by atoms with E-state index in [4.69, 9.17) is 0 Å². The summed E-state index contributed by atoms with van der Waals surface area (Å²) in [6.07, 6.45) is 2.32. The first-order valence-electron chi connectivity index (χ1n) is 9.10. The van der Waals surface area contributed by atoms with Gasteiger partial charge >= 0.3 is 0 Å². The van der Waals surface area contributed by atoms with Crippen molar-refractivity contribution in [3.8, 4) is 0 Å². The van der Waals surface area contributed by atoms with Crippen molar-refractivity contribution >= 4 is 28.2 Å². The maximum Gasteiger partial charge on any atom is 0.224 e. The molecule has 1 amide bonds. The highest BCUT2D eigenvalue weighted by molar-refractivity contribution is 6.18. The number of amides is 1. The van der Waals surface area contributed by atoms with Crippen LogP contribution in [0.25, 0.3) is 10.8 Å². The second-order valence-corrected chi connectivity index (χ2v) is 7.21. The van der Waals surface area contributed by atoms with Crippen LogP contribution in [0.4, 0.5) is 5.69 Å². The third-order valence-corrected chi connectivity index (χ3v) is 5.75. The van der Waals surface area contributed by atoms with Crippen LogP contribution in [-0.2, 0) is 17.6 Å². The summed E-state index contributed by atoms with van der Waals surface area (Å²) in [4.78, 5) is 27.7. The van der Waals surface area contributed by atoms with Gasteiger partial charge in [0.2, 0.25) is 5.91 Å². The highest BCUT2D eigenvalue weighted by Gasteiger charge is 2.34. The molecule has 26 heavy (non-hydrogen) atoms. The number of aryl methyl sites for hydroxylation is 2. The topological polar surface area (TPSA) is 37.4 Å². The van der Waals surface area contributed by atoms with Crippen LogP contribution >= 0.6 is 0 Å². The maximum atomic E-state index is 13.1. The fourth-order valence-electron chi connectivity index (χ4n) is 4.62. The number of hydrogen-bond donors (Lipinski definition) is 0. The quantitative estimate of drug-likeness (QED) is 0.648. The molecule has 1 aliphatic carbocycles. The Hall–Kier alpha value is -2.94. The van der Waals surface area contributed by atoms with Crippen molar-refractivity contribution in [3.63, 3.8) is 0 Å². The zero-order chi connectivity index (χ0) is 17.8. The van der Waals surface area contributed by atoms with E-state index in [1.54, 1.807) is 6.92 Å². The Morgan fingerprint density at radius 3 is 2.31 bits per heavy atom. The summed E-state index contributed by atoms with van der Waals surface area (Å²) in [6, 6.07) is 17.8. The molecule has 3 aromatic rings. The number of benzene rings is 3. The minimum absolute atomic E-state index is 0.0294. The van der Waals surface area contributed by atoms with Gasteiger partial charge in [0.15, 0.2) is 5.78 Å². The molecule has 3 aromatic carbocycles. The molecule has 0 bridgehead atoms. The van der Waals surface area contributed by atoms with Gasteiger partial charge in [-0.15, -0.1) is 0 Å². The normalized spacial score (nSPS) is 18.3. The van der Waals surface area contributed by atoms with Crippen LogP contribution in [0.15, 0.2) is 54.6 Å². The first-order valence-corrected chi connectivity index (χ1v) is 9.10. The summed E-state index contributed by atoms with van der Waals surface area (Å²) in [5.41, 5.74) is 5.20. The predicted molar refractivity (Wildman–Crippen MR) is 103 cm³/mol. The van der Waals surface area contributed by atoms with Crippen LogP contribution in [0.1, 0.15) is 46.4 Å². The molecule has 0 radical (unpaired) electrons. The van der Waals surface area contributed by atoms with Crippen LogP contribution in [0.3, 0.4) is 0 Å². The molecule has 128 valence electrons. The van der Waals surface area contributed by atoms with E-state index < -0.39 is 0 Å². The molecule has 1 aliphatic heterocycles. The van der Waals surface area contributed by atoms with Gasteiger partial charge in [-0.25, -0.2) is 0 Å². The maximum absolute atomic E-state index is 13.1. The van der Waals surface area contributed by atoms with Crippen LogP contribution in [-0.4, -0.2) is 11.7 Å². The van der Waals surface area contributed by atoms with Crippen molar-refractivity contribution < 1.29 is 9.59 Å². The molecule has 0 fully saturated rings. The second-order valence-electron chi connectivity index (χ2n) is 7.21. The van der Waals surface area contributed by atoms with E-state index in [2.05, 4.69) is 12.1 Å². The largest absolute Gasteiger partial charge is 0.304 e. The van der Waals surface area contributed by atoms with E-state index in [0.717, 1.165) is 35.0 Å². The summed E-state index contributed by atoms with van der Waals surface area (Å²) in [7, 11) is 0. The molecule has 5 rings (SSSR count). The highest BCUT2D eigenvalue weighted by Crippen LogP contribution is 2.44. The zero-order valence-electron chi connectivity index (χ0n) is 14.7. The SMILES string of the molecule is CC(=O)N1c2ccc3c4c(ccc(c24)C(=O)CC1c1ccccc1)CC3. The van der Waals surface area contributed by atoms with E-state index in [1.807, 2.05) is 47.4 Å². The van der Waals surface area contributed by atoms with E-state index in [9.17, 15) is 9.59 Å². The Bertz CT molecular complexity index is 1060. The van der Waals surface area contributed by atoms with Crippen molar-refractivity contribution in [2.75, 3.05) is 4.90 Å². The van der Waals surface area contributed by atoms with Gasteiger partial charge in [-0.3, -0.25) is 9.59 Å². The minimum atomic E-state index is -0.271. The molecule has 1 unspecified atom stereocenters. The van der Waals surface area contributed by atoms with Gasteiger partial charge in [0.25, 0.3) is 0 Å². The van der Waals surface area contributed by atoms with Crippen LogP contribution in [0.5, 0.6) is 0 Å². The molecule has 2 aliphatic rings. The van der Waals surface area contributed by atoms with Gasteiger partial charge in [-0.2, -0.15) is 0 Å². The van der Waals surface area contributed by atoms with Crippen molar-refractivity contribution in [2.45, 2.75) is 32.2 Å². The standard InChI is InChI=1S/C23H19NO2/c1-14(25)24-19-12-10-17-8-7-16-9-11-18(23(19)22(16)17)21(26)13-20(24)15-5-3-2-4-6-15/h2-6,9-12,20H,7-8,13H2,1H3. The van der Waals surface area contributed by atoms with Gasteiger partial charge in [0, 0.05) is 24.3 Å². The number of carbonyl (C=O) groups is 2. The van der Waals surface area contributed by atoms with Crippen LogP contribution in [0, 0.1) is 0 Å². The molecule has 3 heteroatoms. The van der Waals surface area contributed by atoms with Crippen molar-refractivity contribution in [1.82, 2.24) is 0 Å². The fraction of sp³-hybridized carbons (Fsp3) is 0.217. The zero-order valence-corrected chi connectivity index (χ0v) is 14.7.